The monoisotopic (exact) mass is 213 g/mol. The largest absolute Gasteiger partial charge is 0.377 e. The quantitative estimate of drug-likeness (QED) is 0.673. The molecule has 0 aromatic carbocycles. The van der Waals surface area contributed by atoms with Gasteiger partial charge in [-0.1, -0.05) is 13.8 Å². The zero-order chi connectivity index (χ0) is 11.3. The molecule has 1 aliphatic heterocycles. The second kappa shape index (κ2) is 5.61. The van der Waals surface area contributed by atoms with E-state index in [1.807, 2.05) is 0 Å². The summed E-state index contributed by atoms with van der Waals surface area (Å²) in [5, 5.41) is 0. The van der Waals surface area contributed by atoms with Gasteiger partial charge in [-0.15, -0.1) is 0 Å². The van der Waals surface area contributed by atoms with Gasteiger partial charge < -0.3 is 4.74 Å². The highest BCUT2D eigenvalue weighted by Gasteiger charge is 2.35. The van der Waals surface area contributed by atoms with Crippen molar-refractivity contribution in [1.29, 1.82) is 0 Å². The third-order valence-electron chi connectivity index (χ3n) is 3.72. The van der Waals surface area contributed by atoms with E-state index in [1.54, 1.807) is 7.11 Å². The molecule has 1 saturated heterocycles. The number of carbonyl (C=O) groups excluding carboxylic acids is 1. The number of rotatable bonds is 6. The van der Waals surface area contributed by atoms with Crippen LogP contribution in [0.3, 0.4) is 0 Å². The fraction of sp³-hybridized carbons (Fsp3) is 0.917. The zero-order valence-corrected chi connectivity index (χ0v) is 10.2. The van der Waals surface area contributed by atoms with Gasteiger partial charge in [0.25, 0.3) is 0 Å². The third-order valence-corrected chi connectivity index (χ3v) is 3.72. The molecule has 0 radical (unpaired) electrons. The number of hydrogen-bond donors (Lipinski definition) is 0. The molecule has 1 aliphatic rings. The summed E-state index contributed by atoms with van der Waals surface area (Å²) in [5.74, 6) is 0.195. The summed E-state index contributed by atoms with van der Waals surface area (Å²) in [6.45, 7) is 7.47. The van der Waals surface area contributed by atoms with Crippen LogP contribution in [0.2, 0.25) is 0 Å². The fourth-order valence-corrected chi connectivity index (χ4v) is 2.45. The fourth-order valence-electron chi connectivity index (χ4n) is 2.45. The number of nitrogens with zero attached hydrogens (tertiary/aromatic N) is 1. The molecule has 15 heavy (non-hydrogen) atoms. The molecular formula is C12H23NO2. The van der Waals surface area contributed by atoms with Gasteiger partial charge in [0.05, 0.1) is 6.54 Å². The number of Topliss-reactive ketones (excluding diaryl/α,β-unsaturated/α-hetero) is 1. The van der Waals surface area contributed by atoms with Gasteiger partial charge in [-0.05, 0) is 31.2 Å². The van der Waals surface area contributed by atoms with Crippen molar-refractivity contribution in [3.05, 3.63) is 0 Å². The average molecular weight is 213 g/mol. The normalized spacial score (nSPS) is 20.7. The molecule has 3 nitrogen and oxygen atoms in total. The molecule has 88 valence electrons. The molecule has 0 aromatic rings. The Bertz CT molecular complexity index is 212. The van der Waals surface area contributed by atoms with E-state index >= 15 is 0 Å². The van der Waals surface area contributed by atoms with Crippen LogP contribution in [0.4, 0.5) is 0 Å². The number of methoxy groups -OCH3 is 1. The molecule has 0 aromatic heterocycles. The SMILES string of the molecule is CCC1(CC)CCN(CC(=O)COC)C1. The van der Waals surface area contributed by atoms with Crippen LogP contribution in [0.5, 0.6) is 0 Å². The van der Waals surface area contributed by atoms with Gasteiger partial charge in [0.15, 0.2) is 5.78 Å². The lowest BCUT2D eigenvalue weighted by atomic mass is 9.82. The van der Waals surface area contributed by atoms with Gasteiger partial charge in [-0.2, -0.15) is 0 Å². The van der Waals surface area contributed by atoms with Crippen LogP contribution < -0.4 is 0 Å². The smallest absolute Gasteiger partial charge is 0.172 e. The van der Waals surface area contributed by atoms with Crippen LogP contribution >= 0.6 is 0 Å². The summed E-state index contributed by atoms with van der Waals surface area (Å²) in [6.07, 6.45) is 3.68. The number of ketones is 1. The van der Waals surface area contributed by atoms with E-state index in [0.717, 1.165) is 13.1 Å². The van der Waals surface area contributed by atoms with Gasteiger partial charge in [-0.3, -0.25) is 9.69 Å². The molecule has 0 unspecified atom stereocenters. The molecule has 1 fully saturated rings. The Balaban J connectivity index is 2.39. The van der Waals surface area contributed by atoms with Gasteiger partial charge in [0.2, 0.25) is 0 Å². The van der Waals surface area contributed by atoms with Crippen LogP contribution in [-0.2, 0) is 9.53 Å². The van der Waals surface area contributed by atoms with Crippen LogP contribution in [-0.4, -0.2) is 44.0 Å². The maximum Gasteiger partial charge on any atom is 0.172 e. The number of likely N-dealkylation sites (tertiary alicyclic amines) is 1. The van der Waals surface area contributed by atoms with Crippen molar-refractivity contribution in [2.75, 3.05) is 33.4 Å². The van der Waals surface area contributed by atoms with E-state index in [0.29, 0.717) is 12.0 Å². The van der Waals surface area contributed by atoms with Crippen molar-refractivity contribution in [2.24, 2.45) is 5.41 Å². The van der Waals surface area contributed by atoms with E-state index in [9.17, 15) is 4.79 Å². The minimum atomic E-state index is 0.195. The average Bonchev–Trinajstić information content (AvgIpc) is 2.63. The summed E-state index contributed by atoms with van der Waals surface area (Å²) in [7, 11) is 1.57. The Morgan fingerprint density at radius 1 is 1.40 bits per heavy atom. The van der Waals surface area contributed by atoms with Crippen molar-refractivity contribution >= 4 is 5.78 Å². The first-order valence-electron chi connectivity index (χ1n) is 5.89. The lowest BCUT2D eigenvalue weighted by Crippen LogP contribution is -2.32. The summed E-state index contributed by atoms with van der Waals surface area (Å²) in [6, 6.07) is 0. The predicted molar refractivity (Wildman–Crippen MR) is 61.0 cm³/mol. The van der Waals surface area contributed by atoms with Gasteiger partial charge >= 0.3 is 0 Å². The second-order valence-electron chi connectivity index (χ2n) is 4.64. The summed E-state index contributed by atoms with van der Waals surface area (Å²) >= 11 is 0. The molecule has 0 amide bonds. The van der Waals surface area contributed by atoms with Crippen LogP contribution in [0.25, 0.3) is 0 Å². The highest BCUT2D eigenvalue weighted by molar-refractivity contribution is 5.81. The standard InChI is InChI=1S/C12H23NO2/c1-4-12(5-2)6-7-13(10-12)8-11(14)9-15-3/h4-10H2,1-3H3. The molecule has 3 heteroatoms. The Kier molecular flexibility index (Phi) is 4.74. The van der Waals surface area contributed by atoms with E-state index in [-0.39, 0.29) is 12.4 Å². The minimum absolute atomic E-state index is 0.195. The summed E-state index contributed by atoms with van der Waals surface area (Å²) in [5.41, 5.74) is 0.466. The van der Waals surface area contributed by atoms with Crippen LogP contribution in [0, 0.1) is 5.41 Å². The first-order valence-corrected chi connectivity index (χ1v) is 5.89. The Labute approximate surface area is 92.8 Å². The van der Waals surface area contributed by atoms with Crippen molar-refractivity contribution < 1.29 is 9.53 Å². The van der Waals surface area contributed by atoms with Crippen molar-refractivity contribution in [3.63, 3.8) is 0 Å². The molecule has 0 N–H and O–H groups in total. The maximum absolute atomic E-state index is 11.4. The highest BCUT2D eigenvalue weighted by Crippen LogP contribution is 2.36. The van der Waals surface area contributed by atoms with E-state index in [4.69, 9.17) is 4.74 Å². The molecule has 1 rings (SSSR count). The molecule has 0 saturated carbocycles. The molecular weight excluding hydrogens is 190 g/mol. The molecule has 0 bridgehead atoms. The summed E-state index contributed by atoms with van der Waals surface area (Å²) in [4.78, 5) is 13.7. The van der Waals surface area contributed by atoms with Crippen molar-refractivity contribution in [2.45, 2.75) is 33.1 Å². The first-order chi connectivity index (χ1) is 7.15. The maximum atomic E-state index is 11.4. The lowest BCUT2D eigenvalue weighted by Gasteiger charge is -2.26. The highest BCUT2D eigenvalue weighted by atomic mass is 16.5. The lowest BCUT2D eigenvalue weighted by molar-refractivity contribution is -0.123. The van der Waals surface area contributed by atoms with E-state index in [1.165, 1.54) is 19.3 Å². The first kappa shape index (κ1) is 12.7. The third kappa shape index (κ3) is 3.28. The van der Waals surface area contributed by atoms with Crippen LogP contribution in [0.15, 0.2) is 0 Å². The minimum Gasteiger partial charge on any atom is -0.377 e. The molecule has 1 heterocycles. The Morgan fingerprint density at radius 3 is 2.53 bits per heavy atom. The van der Waals surface area contributed by atoms with E-state index in [2.05, 4.69) is 18.7 Å². The van der Waals surface area contributed by atoms with Gasteiger partial charge in [-0.25, -0.2) is 0 Å². The Morgan fingerprint density at radius 2 is 2.07 bits per heavy atom. The number of carbonyl (C=O) groups is 1. The van der Waals surface area contributed by atoms with Gasteiger partial charge in [0, 0.05) is 13.7 Å². The van der Waals surface area contributed by atoms with Crippen molar-refractivity contribution in [3.8, 4) is 0 Å². The molecule has 0 aliphatic carbocycles. The topological polar surface area (TPSA) is 29.5 Å². The number of ether oxygens (including phenoxy) is 1. The second-order valence-corrected chi connectivity index (χ2v) is 4.64. The zero-order valence-electron chi connectivity index (χ0n) is 10.2. The molecule has 0 atom stereocenters. The number of hydrogen-bond acceptors (Lipinski definition) is 3. The Hall–Kier alpha value is -0.410. The predicted octanol–water partition coefficient (Wildman–Crippen LogP) is 1.71. The van der Waals surface area contributed by atoms with Gasteiger partial charge in [0.1, 0.15) is 6.61 Å². The molecule has 0 spiro atoms. The van der Waals surface area contributed by atoms with E-state index < -0.39 is 0 Å². The van der Waals surface area contributed by atoms with Crippen LogP contribution in [0.1, 0.15) is 33.1 Å². The summed E-state index contributed by atoms with van der Waals surface area (Å²) < 4.78 is 4.84. The van der Waals surface area contributed by atoms with Crippen molar-refractivity contribution in [1.82, 2.24) is 4.90 Å².